The number of hydrogen-bond donors (Lipinski definition) is 3. The number of carbonyl (C=O) groups is 3. The Morgan fingerprint density at radius 1 is 0.673 bits per heavy atom. The SMILES string of the molecule is COc1cc(OC)c(NC(=O)C(Sc2cccc(NC(=O)/C(=C\c3ccc(OC)c(OC)c3)NC(=O)c3ccccc3)c2)c2ccccc2)cc1Cl. The normalized spacial score (nSPS) is 11.5. The van der Waals surface area contributed by atoms with Gasteiger partial charge in [-0.2, -0.15) is 0 Å². The number of halogens is 1. The molecule has 3 N–H and O–H groups in total. The number of amides is 3. The van der Waals surface area contributed by atoms with Gasteiger partial charge in [-0.3, -0.25) is 14.4 Å². The Labute approximate surface area is 311 Å². The van der Waals surface area contributed by atoms with E-state index < -0.39 is 17.1 Å². The fourth-order valence-electron chi connectivity index (χ4n) is 5.09. The molecule has 0 fully saturated rings. The topological polar surface area (TPSA) is 124 Å². The van der Waals surface area contributed by atoms with Crippen LogP contribution >= 0.6 is 23.4 Å². The van der Waals surface area contributed by atoms with Gasteiger partial charge in [0.1, 0.15) is 22.4 Å². The summed E-state index contributed by atoms with van der Waals surface area (Å²) in [6.45, 7) is 0. The van der Waals surface area contributed by atoms with Crippen molar-refractivity contribution in [2.45, 2.75) is 10.1 Å². The summed E-state index contributed by atoms with van der Waals surface area (Å²) in [5, 5.41) is 8.19. The van der Waals surface area contributed by atoms with E-state index in [1.54, 1.807) is 84.9 Å². The van der Waals surface area contributed by atoms with Gasteiger partial charge >= 0.3 is 0 Å². The average Bonchev–Trinajstić information content (AvgIpc) is 3.17. The van der Waals surface area contributed by atoms with Crippen molar-refractivity contribution in [2.24, 2.45) is 0 Å². The number of ether oxygens (including phenoxy) is 4. The van der Waals surface area contributed by atoms with E-state index in [0.29, 0.717) is 55.4 Å². The molecule has 0 aromatic heterocycles. The van der Waals surface area contributed by atoms with Crippen molar-refractivity contribution >= 4 is 58.5 Å². The number of thioether (sulfide) groups is 1. The molecule has 5 aromatic carbocycles. The van der Waals surface area contributed by atoms with Gasteiger partial charge in [-0.1, -0.05) is 72.3 Å². The van der Waals surface area contributed by atoms with Crippen LogP contribution in [-0.4, -0.2) is 46.2 Å². The van der Waals surface area contributed by atoms with Crippen LogP contribution in [0.15, 0.2) is 126 Å². The van der Waals surface area contributed by atoms with Gasteiger partial charge in [0.2, 0.25) is 5.91 Å². The summed E-state index contributed by atoms with van der Waals surface area (Å²) in [6, 6.07) is 33.3. The van der Waals surface area contributed by atoms with Crippen molar-refractivity contribution in [3.8, 4) is 23.0 Å². The average molecular weight is 738 g/mol. The molecule has 12 heteroatoms. The third-order valence-electron chi connectivity index (χ3n) is 7.67. The third-order valence-corrected chi connectivity index (χ3v) is 9.21. The molecule has 0 heterocycles. The highest BCUT2D eigenvalue weighted by molar-refractivity contribution is 8.00. The minimum Gasteiger partial charge on any atom is -0.495 e. The quantitative estimate of drug-likeness (QED) is 0.0769. The molecule has 10 nitrogen and oxygen atoms in total. The smallest absolute Gasteiger partial charge is 0.272 e. The number of methoxy groups -OCH3 is 4. The molecule has 0 saturated carbocycles. The van der Waals surface area contributed by atoms with E-state index >= 15 is 0 Å². The Bertz CT molecular complexity index is 2080. The van der Waals surface area contributed by atoms with Gasteiger partial charge in [-0.25, -0.2) is 0 Å². The summed E-state index contributed by atoms with van der Waals surface area (Å²) >= 11 is 7.66. The summed E-state index contributed by atoms with van der Waals surface area (Å²) in [6.07, 6.45) is 1.55. The predicted octanol–water partition coefficient (Wildman–Crippen LogP) is 8.26. The molecule has 5 aromatic rings. The summed E-state index contributed by atoms with van der Waals surface area (Å²) < 4.78 is 21.5. The number of anilines is 2. The zero-order valence-corrected chi connectivity index (χ0v) is 30.3. The number of hydrogen-bond acceptors (Lipinski definition) is 8. The minimum atomic E-state index is -0.705. The van der Waals surface area contributed by atoms with Crippen LogP contribution in [0.3, 0.4) is 0 Å². The van der Waals surface area contributed by atoms with E-state index in [1.165, 1.54) is 40.2 Å². The lowest BCUT2D eigenvalue weighted by Crippen LogP contribution is -2.30. The van der Waals surface area contributed by atoms with E-state index in [-0.39, 0.29) is 11.6 Å². The van der Waals surface area contributed by atoms with Crippen molar-refractivity contribution < 1.29 is 33.3 Å². The van der Waals surface area contributed by atoms with Crippen molar-refractivity contribution in [1.29, 1.82) is 0 Å². The lowest BCUT2D eigenvalue weighted by Gasteiger charge is -2.19. The highest BCUT2D eigenvalue weighted by atomic mass is 35.5. The van der Waals surface area contributed by atoms with Gasteiger partial charge in [-0.05, 0) is 65.7 Å². The Morgan fingerprint density at radius 2 is 1.35 bits per heavy atom. The maximum absolute atomic E-state index is 13.9. The highest BCUT2D eigenvalue weighted by Crippen LogP contribution is 2.40. The molecule has 5 rings (SSSR count). The van der Waals surface area contributed by atoms with Crippen molar-refractivity contribution in [3.05, 3.63) is 143 Å². The zero-order valence-electron chi connectivity index (χ0n) is 28.8. The molecule has 0 aliphatic carbocycles. The van der Waals surface area contributed by atoms with Crippen LogP contribution in [0.2, 0.25) is 5.02 Å². The molecule has 1 unspecified atom stereocenters. The number of benzene rings is 5. The minimum absolute atomic E-state index is 0.00670. The second kappa shape index (κ2) is 17.8. The molecule has 0 bridgehead atoms. The maximum atomic E-state index is 13.9. The van der Waals surface area contributed by atoms with Crippen LogP contribution in [0.1, 0.15) is 26.7 Å². The van der Waals surface area contributed by atoms with Gasteiger partial charge in [0.15, 0.2) is 11.5 Å². The van der Waals surface area contributed by atoms with E-state index in [9.17, 15) is 14.4 Å². The van der Waals surface area contributed by atoms with Crippen molar-refractivity contribution in [2.75, 3.05) is 39.1 Å². The standard InChI is InChI=1S/C40H36ClN3O7S/c1-48-33-19-18-25(21-36(33)51-4)20-32(44-38(45)27-14-9-6-10-15-27)39(46)42-28-16-11-17-29(22-28)52-37(26-12-7-5-8-13-26)40(47)43-31-23-30(41)34(49-2)24-35(31)50-3/h5-24,37H,1-4H3,(H,42,46)(H,43,47)(H,44,45)/b32-20+. The molecule has 1 atom stereocenters. The molecule has 0 radical (unpaired) electrons. The van der Waals surface area contributed by atoms with Gasteiger partial charge in [-0.15, -0.1) is 11.8 Å². The van der Waals surface area contributed by atoms with E-state index in [0.717, 1.165) is 5.56 Å². The molecule has 3 amide bonds. The van der Waals surface area contributed by atoms with Crippen LogP contribution in [-0.2, 0) is 9.59 Å². The summed E-state index contributed by atoms with van der Waals surface area (Å²) in [5.41, 5.74) is 2.54. The highest BCUT2D eigenvalue weighted by Gasteiger charge is 2.24. The lowest BCUT2D eigenvalue weighted by atomic mass is 10.1. The van der Waals surface area contributed by atoms with Crippen LogP contribution in [0.4, 0.5) is 11.4 Å². The second-order valence-electron chi connectivity index (χ2n) is 11.1. The Hall–Kier alpha value is -5.91. The lowest BCUT2D eigenvalue weighted by molar-refractivity contribution is -0.116. The molecule has 266 valence electrons. The molecular formula is C40H36ClN3O7S. The van der Waals surface area contributed by atoms with Crippen molar-refractivity contribution in [1.82, 2.24) is 5.32 Å². The van der Waals surface area contributed by atoms with Crippen LogP contribution in [0, 0.1) is 0 Å². The zero-order chi connectivity index (χ0) is 37.0. The monoisotopic (exact) mass is 737 g/mol. The van der Waals surface area contributed by atoms with E-state index in [1.807, 2.05) is 36.4 Å². The third kappa shape index (κ3) is 9.45. The Balaban J connectivity index is 1.41. The fraction of sp³-hybridized carbons (Fsp3) is 0.125. The first-order valence-corrected chi connectivity index (χ1v) is 17.1. The van der Waals surface area contributed by atoms with Crippen molar-refractivity contribution in [3.63, 3.8) is 0 Å². The first-order chi connectivity index (χ1) is 25.2. The Morgan fingerprint density at radius 3 is 2.02 bits per heavy atom. The predicted molar refractivity (Wildman–Crippen MR) is 205 cm³/mol. The van der Waals surface area contributed by atoms with E-state index in [2.05, 4.69) is 16.0 Å². The molecule has 0 saturated heterocycles. The first-order valence-electron chi connectivity index (χ1n) is 15.9. The summed E-state index contributed by atoms with van der Waals surface area (Å²) in [4.78, 5) is 41.6. The molecular weight excluding hydrogens is 702 g/mol. The number of nitrogens with one attached hydrogen (secondary N) is 3. The van der Waals surface area contributed by atoms with Crippen LogP contribution in [0.5, 0.6) is 23.0 Å². The van der Waals surface area contributed by atoms with Crippen LogP contribution < -0.4 is 34.9 Å². The molecule has 0 aliphatic heterocycles. The van der Waals surface area contributed by atoms with Crippen LogP contribution in [0.25, 0.3) is 6.08 Å². The molecule has 0 spiro atoms. The summed E-state index contributed by atoms with van der Waals surface area (Å²) in [5.74, 6) is 0.413. The van der Waals surface area contributed by atoms with Gasteiger partial charge < -0.3 is 34.9 Å². The van der Waals surface area contributed by atoms with Gasteiger partial charge in [0.25, 0.3) is 11.8 Å². The van der Waals surface area contributed by atoms with E-state index in [4.69, 9.17) is 30.5 Å². The number of carbonyl (C=O) groups excluding carboxylic acids is 3. The Kier molecular flexibility index (Phi) is 12.8. The molecule has 0 aliphatic rings. The van der Waals surface area contributed by atoms with Gasteiger partial charge in [0, 0.05) is 22.2 Å². The van der Waals surface area contributed by atoms with Gasteiger partial charge in [0.05, 0.1) is 39.1 Å². The first kappa shape index (κ1) is 37.3. The largest absolute Gasteiger partial charge is 0.495 e. The molecule has 52 heavy (non-hydrogen) atoms. The fourth-order valence-corrected chi connectivity index (χ4v) is 6.41. The second-order valence-corrected chi connectivity index (χ2v) is 12.6. The number of rotatable bonds is 14. The summed E-state index contributed by atoms with van der Waals surface area (Å²) in [7, 11) is 6.02. The maximum Gasteiger partial charge on any atom is 0.272 e.